The maximum atomic E-state index is 3.85. The van der Waals surface area contributed by atoms with Crippen LogP contribution in [0.1, 0.15) is 58.8 Å². The molecule has 2 saturated carbocycles. The fourth-order valence-electron chi connectivity index (χ4n) is 4.24. The fourth-order valence-corrected chi connectivity index (χ4v) is 4.24. The van der Waals surface area contributed by atoms with Crippen LogP contribution < -0.4 is 5.32 Å². The minimum atomic E-state index is 0.639. The molecule has 0 spiro atoms. The zero-order chi connectivity index (χ0) is 13.3. The molecule has 1 heterocycles. The van der Waals surface area contributed by atoms with Crippen LogP contribution in [-0.2, 0) is 0 Å². The van der Waals surface area contributed by atoms with E-state index in [-0.39, 0.29) is 0 Å². The third kappa shape index (κ3) is 3.52. The van der Waals surface area contributed by atoms with Gasteiger partial charge in [-0.15, -0.1) is 0 Å². The highest BCUT2D eigenvalue weighted by Gasteiger charge is 2.46. The van der Waals surface area contributed by atoms with Crippen LogP contribution in [0.25, 0.3) is 0 Å². The first-order valence-electron chi connectivity index (χ1n) is 8.61. The number of nitrogens with zero attached hydrogens (tertiary/aromatic N) is 1. The molecule has 3 aliphatic rings. The first kappa shape index (κ1) is 13.9. The highest BCUT2D eigenvalue weighted by atomic mass is 15.2. The van der Waals surface area contributed by atoms with Crippen LogP contribution in [0, 0.1) is 17.3 Å². The summed E-state index contributed by atoms with van der Waals surface area (Å²) in [5.41, 5.74) is 0.639. The number of hydrogen-bond donors (Lipinski definition) is 1. The molecule has 19 heavy (non-hydrogen) atoms. The summed E-state index contributed by atoms with van der Waals surface area (Å²) in [6, 6.07) is 0.782. The van der Waals surface area contributed by atoms with Crippen LogP contribution in [0.4, 0.5) is 0 Å². The maximum Gasteiger partial charge on any atom is 0.0223 e. The first-order chi connectivity index (χ1) is 9.15. The lowest BCUT2D eigenvalue weighted by atomic mass is 9.83. The normalized spacial score (nSPS) is 36.9. The summed E-state index contributed by atoms with van der Waals surface area (Å²) in [5, 5.41) is 3.85. The summed E-state index contributed by atoms with van der Waals surface area (Å²) in [6.07, 6.45) is 10.2. The van der Waals surface area contributed by atoms with Crippen molar-refractivity contribution >= 4 is 0 Å². The van der Waals surface area contributed by atoms with Crippen molar-refractivity contribution in [2.75, 3.05) is 26.2 Å². The zero-order valence-corrected chi connectivity index (χ0v) is 13.0. The van der Waals surface area contributed by atoms with Crippen molar-refractivity contribution in [3.8, 4) is 0 Å². The second-order valence-corrected chi connectivity index (χ2v) is 7.96. The summed E-state index contributed by atoms with van der Waals surface area (Å²) >= 11 is 0. The zero-order valence-electron chi connectivity index (χ0n) is 13.0. The number of rotatable bonds is 3. The second kappa shape index (κ2) is 5.73. The van der Waals surface area contributed by atoms with Crippen molar-refractivity contribution in [1.82, 2.24) is 10.2 Å². The summed E-state index contributed by atoms with van der Waals surface area (Å²) in [5.74, 6) is 1.93. The predicted molar refractivity (Wildman–Crippen MR) is 81.3 cm³/mol. The summed E-state index contributed by atoms with van der Waals surface area (Å²) < 4.78 is 0. The van der Waals surface area contributed by atoms with E-state index in [1.165, 1.54) is 71.1 Å². The van der Waals surface area contributed by atoms with Gasteiger partial charge in [0.25, 0.3) is 0 Å². The van der Waals surface area contributed by atoms with Gasteiger partial charge in [-0.1, -0.05) is 33.1 Å². The minimum Gasteiger partial charge on any atom is -0.312 e. The lowest BCUT2D eigenvalue weighted by molar-refractivity contribution is 0.196. The Labute approximate surface area is 119 Å². The van der Waals surface area contributed by atoms with E-state index in [0.717, 1.165) is 17.9 Å². The van der Waals surface area contributed by atoms with Crippen molar-refractivity contribution in [3.05, 3.63) is 0 Å². The molecular weight excluding hydrogens is 232 g/mol. The highest BCUT2D eigenvalue weighted by Crippen LogP contribution is 2.51. The van der Waals surface area contributed by atoms with Crippen molar-refractivity contribution in [2.45, 2.75) is 64.8 Å². The average Bonchev–Trinajstić information content (AvgIpc) is 3.07. The largest absolute Gasteiger partial charge is 0.312 e. The fraction of sp³-hybridized carbons (Fsp3) is 1.00. The van der Waals surface area contributed by atoms with Crippen LogP contribution in [-0.4, -0.2) is 37.1 Å². The topological polar surface area (TPSA) is 15.3 Å². The molecule has 2 unspecified atom stereocenters. The van der Waals surface area contributed by atoms with E-state index in [0.29, 0.717) is 5.41 Å². The van der Waals surface area contributed by atoms with Crippen molar-refractivity contribution < 1.29 is 0 Å². The van der Waals surface area contributed by atoms with E-state index in [4.69, 9.17) is 0 Å². The van der Waals surface area contributed by atoms with E-state index < -0.39 is 0 Å². The van der Waals surface area contributed by atoms with E-state index in [1.807, 2.05) is 0 Å². The standard InChI is InChI=1S/C17H32N2/c1-17(2)11-15(17)12-19-10-6-9-18-16(13-19)14-7-4-3-5-8-14/h14-16,18H,3-13H2,1-2H3. The van der Waals surface area contributed by atoms with Crippen LogP contribution in [0.15, 0.2) is 0 Å². The predicted octanol–water partition coefficient (Wildman–Crippen LogP) is 3.28. The van der Waals surface area contributed by atoms with Gasteiger partial charge in [-0.05, 0) is 56.0 Å². The van der Waals surface area contributed by atoms with Gasteiger partial charge in [0, 0.05) is 19.1 Å². The molecule has 3 rings (SSSR count). The Hall–Kier alpha value is -0.0800. The van der Waals surface area contributed by atoms with E-state index in [2.05, 4.69) is 24.1 Å². The minimum absolute atomic E-state index is 0.639. The van der Waals surface area contributed by atoms with Crippen LogP contribution in [0.5, 0.6) is 0 Å². The summed E-state index contributed by atoms with van der Waals surface area (Å²) in [4.78, 5) is 2.78. The van der Waals surface area contributed by atoms with Crippen LogP contribution in [0.3, 0.4) is 0 Å². The van der Waals surface area contributed by atoms with Crippen LogP contribution in [0.2, 0.25) is 0 Å². The quantitative estimate of drug-likeness (QED) is 0.841. The Morgan fingerprint density at radius 2 is 1.84 bits per heavy atom. The molecule has 1 saturated heterocycles. The third-order valence-corrected chi connectivity index (χ3v) is 5.93. The van der Waals surface area contributed by atoms with E-state index in [9.17, 15) is 0 Å². The maximum absolute atomic E-state index is 3.85. The molecule has 2 nitrogen and oxygen atoms in total. The van der Waals surface area contributed by atoms with Crippen molar-refractivity contribution in [1.29, 1.82) is 0 Å². The molecule has 1 aliphatic heterocycles. The monoisotopic (exact) mass is 264 g/mol. The van der Waals surface area contributed by atoms with Gasteiger partial charge >= 0.3 is 0 Å². The van der Waals surface area contributed by atoms with Gasteiger partial charge in [-0.3, -0.25) is 0 Å². The Morgan fingerprint density at radius 1 is 1.11 bits per heavy atom. The number of hydrogen-bond acceptors (Lipinski definition) is 2. The molecule has 0 radical (unpaired) electrons. The average molecular weight is 264 g/mol. The molecule has 1 N–H and O–H groups in total. The molecule has 110 valence electrons. The van der Waals surface area contributed by atoms with Crippen molar-refractivity contribution in [3.63, 3.8) is 0 Å². The van der Waals surface area contributed by atoms with Crippen LogP contribution >= 0.6 is 0 Å². The summed E-state index contributed by atoms with van der Waals surface area (Å²) in [7, 11) is 0. The first-order valence-corrected chi connectivity index (χ1v) is 8.61. The molecular formula is C17H32N2. The van der Waals surface area contributed by atoms with Crippen molar-refractivity contribution in [2.24, 2.45) is 17.3 Å². The third-order valence-electron chi connectivity index (χ3n) is 5.93. The molecule has 0 bridgehead atoms. The van der Waals surface area contributed by atoms with Gasteiger partial charge < -0.3 is 10.2 Å². The summed E-state index contributed by atoms with van der Waals surface area (Å²) in [6.45, 7) is 10.1. The van der Waals surface area contributed by atoms with E-state index in [1.54, 1.807) is 0 Å². The van der Waals surface area contributed by atoms with Gasteiger partial charge in [0.1, 0.15) is 0 Å². The molecule has 2 atom stereocenters. The molecule has 2 aliphatic carbocycles. The molecule has 0 aromatic carbocycles. The molecule has 3 fully saturated rings. The van der Waals surface area contributed by atoms with Gasteiger partial charge in [0.05, 0.1) is 0 Å². The van der Waals surface area contributed by atoms with Gasteiger partial charge in [0.15, 0.2) is 0 Å². The van der Waals surface area contributed by atoms with Gasteiger partial charge in [-0.25, -0.2) is 0 Å². The van der Waals surface area contributed by atoms with Gasteiger partial charge in [-0.2, -0.15) is 0 Å². The molecule has 0 aromatic rings. The molecule has 2 heteroatoms. The lowest BCUT2D eigenvalue weighted by Gasteiger charge is -2.33. The highest BCUT2D eigenvalue weighted by molar-refractivity contribution is 4.97. The Morgan fingerprint density at radius 3 is 2.53 bits per heavy atom. The lowest BCUT2D eigenvalue weighted by Crippen LogP contribution is -2.44. The number of nitrogens with one attached hydrogen (secondary N) is 1. The molecule has 0 amide bonds. The molecule has 0 aromatic heterocycles. The Kier molecular flexibility index (Phi) is 4.19. The SMILES string of the molecule is CC1(C)CC1CN1CCCNC(C2CCCCC2)C1. The Bertz CT molecular complexity index is 294. The second-order valence-electron chi connectivity index (χ2n) is 7.96. The Balaban J connectivity index is 1.53. The van der Waals surface area contributed by atoms with Gasteiger partial charge in [0.2, 0.25) is 0 Å². The van der Waals surface area contributed by atoms with E-state index >= 15 is 0 Å². The smallest absolute Gasteiger partial charge is 0.0223 e.